The first-order valence-corrected chi connectivity index (χ1v) is 11.2. The summed E-state index contributed by atoms with van der Waals surface area (Å²) in [5.74, 6) is 3.01. The van der Waals surface area contributed by atoms with Gasteiger partial charge in [-0.1, -0.05) is 51.9 Å². The zero-order valence-corrected chi connectivity index (χ0v) is 16.5. The Morgan fingerprint density at radius 3 is 1.92 bits per heavy atom. The Bertz CT molecular complexity index is 396. The van der Waals surface area contributed by atoms with Crippen LogP contribution in [0.3, 0.4) is 0 Å². The summed E-state index contributed by atoms with van der Waals surface area (Å²) in [6.07, 6.45) is 20.7. The van der Waals surface area contributed by atoms with Gasteiger partial charge in [0.15, 0.2) is 0 Å². The van der Waals surface area contributed by atoms with E-state index in [1.165, 1.54) is 83.5 Å². The molecule has 0 spiro atoms. The smallest absolute Gasteiger partial charge is 0.224 e. The van der Waals surface area contributed by atoms with Crippen LogP contribution >= 0.6 is 11.6 Å². The minimum atomic E-state index is -0.0776. The monoisotopic (exact) mass is 352 g/mol. The lowest BCUT2D eigenvalue weighted by molar-refractivity contribution is -0.117. The van der Waals surface area contributed by atoms with Gasteiger partial charge in [0.1, 0.15) is 0 Å². The van der Waals surface area contributed by atoms with Crippen molar-refractivity contribution in [2.75, 3.05) is 0 Å². The highest BCUT2D eigenvalue weighted by molar-refractivity contribution is 6.63. The van der Waals surface area contributed by atoms with Gasteiger partial charge in [-0.2, -0.15) is 0 Å². The normalized spacial score (nSPS) is 37.1. The van der Waals surface area contributed by atoms with Crippen molar-refractivity contribution >= 4 is 16.8 Å². The van der Waals surface area contributed by atoms with E-state index in [1.807, 2.05) is 0 Å². The van der Waals surface area contributed by atoms with Crippen LogP contribution < -0.4 is 0 Å². The van der Waals surface area contributed by atoms with Crippen LogP contribution in [0.25, 0.3) is 0 Å². The van der Waals surface area contributed by atoms with Gasteiger partial charge in [0, 0.05) is 5.92 Å². The highest BCUT2D eigenvalue weighted by atomic mass is 35.5. The van der Waals surface area contributed by atoms with E-state index in [4.69, 9.17) is 11.6 Å². The average molecular weight is 353 g/mol. The third kappa shape index (κ3) is 4.02. The first-order valence-electron chi connectivity index (χ1n) is 10.8. The lowest BCUT2D eigenvalue weighted by Gasteiger charge is -2.53. The van der Waals surface area contributed by atoms with E-state index in [2.05, 4.69) is 6.92 Å². The van der Waals surface area contributed by atoms with E-state index in [0.717, 1.165) is 30.6 Å². The molecule has 3 saturated carbocycles. The summed E-state index contributed by atoms with van der Waals surface area (Å²) in [5.41, 5.74) is 0.621. The van der Waals surface area contributed by atoms with Gasteiger partial charge in [0.25, 0.3) is 0 Å². The molecule has 3 aliphatic rings. The molecule has 2 heteroatoms. The van der Waals surface area contributed by atoms with Crippen molar-refractivity contribution in [3.05, 3.63) is 0 Å². The summed E-state index contributed by atoms with van der Waals surface area (Å²) in [6.45, 7) is 2.34. The van der Waals surface area contributed by atoms with Gasteiger partial charge in [0.2, 0.25) is 5.24 Å². The second kappa shape index (κ2) is 8.56. The Hall–Kier alpha value is -0.0400. The Balaban J connectivity index is 1.66. The number of hydrogen-bond acceptors (Lipinski definition) is 1. The van der Waals surface area contributed by atoms with Gasteiger partial charge in [-0.25, -0.2) is 0 Å². The summed E-state index contributed by atoms with van der Waals surface area (Å²) in [6, 6.07) is 0. The van der Waals surface area contributed by atoms with Crippen molar-refractivity contribution in [2.45, 2.75) is 103 Å². The van der Waals surface area contributed by atoms with E-state index < -0.39 is 0 Å². The fraction of sp³-hybridized carbons (Fsp3) is 0.955. The van der Waals surface area contributed by atoms with Crippen molar-refractivity contribution < 1.29 is 4.79 Å². The second-order valence-electron chi connectivity index (χ2n) is 9.15. The van der Waals surface area contributed by atoms with Gasteiger partial charge in [-0.05, 0) is 86.1 Å². The van der Waals surface area contributed by atoms with E-state index >= 15 is 0 Å². The van der Waals surface area contributed by atoms with Crippen molar-refractivity contribution in [1.29, 1.82) is 0 Å². The van der Waals surface area contributed by atoms with E-state index in [0.29, 0.717) is 5.41 Å². The molecule has 0 amide bonds. The zero-order valence-electron chi connectivity index (χ0n) is 15.7. The summed E-state index contributed by atoms with van der Waals surface area (Å²) >= 11 is 5.78. The topological polar surface area (TPSA) is 17.1 Å². The minimum Gasteiger partial charge on any atom is -0.281 e. The fourth-order valence-electron chi connectivity index (χ4n) is 6.69. The summed E-state index contributed by atoms with van der Waals surface area (Å²) < 4.78 is 0. The molecule has 0 radical (unpaired) electrons. The molecule has 24 heavy (non-hydrogen) atoms. The number of rotatable bonds is 5. The summed E-state index contributed by atoms with van der Waals surface area (Å²) in [5, 5.41) is -0.0776. The number of carbonyl (C=O) groups is 1. The molecule has 0 unspecified atom stereocenters. The van der Waals surface area contributed by atoms with E-state index in [9.17, 15) is 4.79 Å². The molecule has 0 aromatic heterocycles. The van der Waals surface area contributed by atoms with Crippen molar-refractivity contribution in [2.24, 2.45) is 29.1 Å². The highest BCUT2D eigenvalue weighted by Crippen LogP contribution is 2.57. The molecular formula is C22H37ClO. The largest absolute Gasteiger partial charge is 0.281 e. The van der Waals surface area contributed by atoms with Crippen LogP contribution in [0.15, 0.2) is 0 Å². The third-order valence-corrected chi connectivity index (χ3v) is 8.31. The first kappa shape index (κ1) is 18.7. The molecule has 0 bridgehead atoms. The maximum absolute atomic E-state index is 11.5. The van der Waals surface area contributed by atoms with Crippen LogP contribution in [0.1, 0.15) is 103 Å². The Morgan fingerprint density at radius 1 is 0.875 bits per heavy atom. The molecule has 3 fully saturated rings. The van der Waals surface area contributed by atoms with Crippen LogP contribution in [-0.2, 0) is 4.79 Å². The van der Waals surface area contributed by atoms with Crippen molar-refractivity contribution in [1.82, 2.24) is 0 Å². The van der Waals surface area contributed by atoms with Gasteiger partial charge in [-0.15, -0.1) is 0 Å². The zero-order chi connectivity index (χ0) is 17.0. The molecule has 0 saturated heterocycles. The second-order valence-corrected chi connectivity index (χ2v) is 9.53. The Kier molecular flexibility index (Phi) is 6.69. The van der Waals surface area contributed by atoms with Crippen molar-refractivity contribution in [3.63, 3.8) is 0 Å². The van der Waals surface area contributed by atoms with Gasteiger partial charge < -0.3 is 0 Å². The molecule has 0 aromatic rings. The van der Waals surface area contributed by atoms with Crippen LogP contribution in [-0.4, -0.2) is 5.24 Å². The molecule has 0 aliphatic heterocycles. The lowest BCUT2D eigenvalue weighted by Crippen LogP contribution is -2.43. The van der Waals surface area contributed by atoms with Crippen molar-refractivity contribution in [3.8, 4) is 0 Å². The average Bonchev–Trinajstić information content (AvgIpc) is 2.63. The molecule has 138 valence electrons. The molecule has 0 aromatic carbocycles. The highest BCUT2D eigenvalue weighted by Gasteiger charge is 2.47. The molecule has 0 heterocycles. The lowest BCUT2D eigenvalue weighted by atomic mass is 9.52. The molecule has 1 nitrogen and oxygen atoms in total. The predicted octanol–water partition coefficient (Wildman–Crippen LogP) is 7.12. The van der Waals surface area contributed by atoms with Crippen LogP contribution in [0.5, 0.6) is 0 Å². The van der Waals surface area contributed by atoms with E-state index in [-0.39, 0.29) is 11.2 Å². The SMILES string of the molecule is CCCC1CCC(C2(C3CCC(C(=O)Cl)CC3)CCCCC2)CC1. The predicted molar refractivity (Wildman–Crippen MR) is 102 cm³/mol. The molecular weight excluding hydrogens is 316 g/mol. The van der Waals surface area contributed by atoms with E-state index in [1.54, 1.807) is 0 Å². The standard InChI is InChI=1S/C22H37ClO/c1-2-6-17-7-11-19(12-8-17)22(15-4-3-5-16-22)20-13-9-18(10-14-20)21(23)24/h17-20H,2-16H2,1H3. The van der Waals surface area contributed by atoms with Crippen LogP contribution in [0.4, 0.5) is 0 Å². The molecule has 3 aliphatic carbocycles. The van der Waals surface area contributed by atoms with Gasteiger partial charge >= 0.3 is 0 Å². The maximum atomic E-state index is 11.5. The number of hydrogen-bond donors (Lipinski definition) is 0. The molecule has 0 N–H and O–H groups in total. The van der Waals surface area contributed by atoms with Crippen LogP contribution in [0, 0.1) is 29.1 Å². The number of halogens is 1. The first-order chi connectivity index (χ1) is 11.7. The minimum absolute atomic E-state index is 0.0776. The van der Waals surface area contributed by atoms with Crippen LogP contribution in [0.2, 0.25) is 0 Å². The third-order valence-electron chi connectivity index (χ3n) is 8.00. The Morgan fingerprint density at radius 2 is 1.42 bits per heavy atom. The quantitative estimate of drug-likeness (QED) is 0.481. The van der Waals surface area contributed by atoms with Gasteiger partial charge in [-0.3, -0.25) is 4.79 Å². The maximum Gasteiger partial charge on any atom is 0.224 e. The molecule has 3 rings (SSSR count). The van der Waals surface area contributed by atoms with Gasteiger partial charge in [0.05, 0.1) is 0 Å². The Labute approximate surface area is 154 Å². The molecule has 0 atom stereocenters. The summed E-state index contributed by atoms with van der Waals surface area (Å²) in [7, 11) is 0. The fourth-order valence-corrected chi connectivity index (χ4v) is 6.91. The number of carbonyl (C=O) groups excluding carboxylic acids is 1. The summed E-state index contributed by atoms with van der Waals surface area (Å²) in [4.78, 5) is 11.5.